The Morgan fingerprint density at radius 2 is 1.73 bits per heavy atom. The van der Waals surface area contributed by atoms with Crippen LogP contribution in [0.25, 0.3) is 11.1 Å². The Morgan fingerprint density at radius 3 is 2.39 bits per heavy atom. The number of carbonyl (C=O) groups excluding carboxylic acids is 1. The monoisotopic (exact) mass is 446 g/mol. The molecule has 2 unspecified atom stereocenters. The van der Waals surface area contributed by atoms with Gasteiger partial charge in [-0.2, -0.15) is 0 Å². The maximum atomic E-state index is 13.2. The van der Waals surface area contributed by atoms with Gasteiger partial charge in [0, 0.05) is 31.7 Å². The van der Waals surface area contributed by atoms with Crippen LogP contribution in [-0.2, 0) is 19.4 Å². The Balaban J connectivity index is 1.39. The van der Waals surface area contributed by atoms with Crippen LogP contribution in [0.4, 0.5) is 4.39 Å². The molecular formula is C28H31FN2O2. The Morgan fingerprint density at radius 1 is 1.06 bits per heavy atom. The van der Waals surface area contributed by atoms with E-state index in [9.17, 15) is 14.3 Å². The summed E-state index contributed by atoms with van der Waals surface area (Å²) in [7, 11) is 1.89. The number of amides is 1. The molecule has 0 radical (unpaired) electrons. The molecule has 1 aliphatic carbocycles. The average molecular weight is 447 g/mol. The number of nitrogens with one attached hydrogen (secondary N) is 1. The van der Waals surface area contributed by atoms with Crippen LogP contribution >= 0.6 is 0 Å². The second-order valence-electron chi connectivity index (χ2n) is 8.98. The van der Waals surface area contributed by atoms with Crippen LogP contribution < -0.4 is 5.32 Å². The van der Waals surface area contributed by atoms with Gasteiger partial charge in [0.25, 0.3) is 5.91 Å². The third-order valence-corrected chi connectivity index (χ3v) is 6.42. The predicted molar refractivity (Wildman–Crippen MR) is 130 cm³/mol. The highest BCUT2D eigenvalue weighted by Crippen LogP contribution is 2.27. The van der Waals surface area contributed by atoms with Crippen molar-refractivity contribution in [2.24, 2.45) is 0 Å². The number of nitrogens with zero attached hydrogens (tertiary/aromatic N) is 1. The first-order valence-corrected chi connectivity index (χ1v) is 11.5. The molecule has 4 nitrogen and oxygen atoms in total. The van der Waals surface area contributed by atoms with E-state index in [4.69, 9.17) is 0 Å². The Kier molecular flexibility index (Phi) is 7.21. The predicted octanol–water partition coefficient (Wildman–Crippen LogP) is 4.59. The van der Waals surface area contributed by atoms with Gasteiger partial charge in [0.15, 0.2) is 0 Å². The number of likely N-dealkylation sites (N-methyl/N-ethyl adjacent to an activating group) is 1. The molecule has 0 saturated heterocycles. The number of halogens is 1. The molecule has 0 aliphatic heterocycles. The lowest BCUT2D eigenvalue weighted by Gasteiger charge is -2.33. The molecule has 1 amide bonds. The lowest BCUT2D eigenvalue weighted by molar-refractivity contribution is 0.0719. The van der Waals surface area contributed by atoms with Crippen LogP contribution in [0.15, 0.2) is 66.7 Å². The van der Waals surface area contributed by atoms with Gasteiger partial charge in [-0.3, -0.25) is 4.79 Å². The number of benzene rings is 3. The Bertz CT molecular complexity index is 1090. The summed E-state index contributed by atoms with van der Waals surface area (Å²) in [6.45, 7) is 3.10. The topological polar surface area (TPSA) is 52.6 Å². The molecule has 1 aliphatic rings. The fourth-order valence-corrected chi connectivity index (χ4v) is 4.47. The van der Waals surface area contributed by atoms with Gasteiger partial charge in [-0.05, 0) is 78.3 Å². The quantitative estimate of drug-likeness (QED) is 0.558. The molecule has 0 heterocycles. The molecule has 0 fully saturated rings. The summed E-state index contributed by atoms with van der Waals surface area (Å²) < 4.78 is 13.2. The van der Waals surface area contributed by atoms with E-state index in [2.05, 4.69) is 23.5 Å². The summed E-state index contributed by atoms with van der Waals surface area (Å²) in [5.74, 6) is -0.238. The molecule has 3 aromatic rings. The van der Waals surface area contributed by atoms with Gasteiger partial charge in [-0.1, -0.05) is 42.5 Å². The molecule has 3 aromatic carbocycles. The van der Waals surface area contributed by atoms with Crippen molar-refractivity contribution in [2.75, 3.05) is 13.6 Å². The number of rotatable bonds is 7. The fourth-order valence-electron chi connectivity index (χ4n) is 4.47. The van der Waals surface area contributed by atoms with Crippen molar-refractivity contribution in [3.63, 3.8) is 0 Å². The van der Waals surface area contributed by atoms with Gasteiger partial charge in [0.1, 0.15) is 5.82 Å². The Hall–Kier alpha value is -3.02. The minimum absolute atomic E-state index is 0.0213. The summed E-state index contributed by atoms with van der Waals surface area (Å²) in [6.07, 6.45) is 2.39. The van der Waals surface area contributed by atoms with Crippen LogP contribution in [0.2, 0.25) is 0 Å². The van der Waals surface area contributed by atoms with Crippen molar-refractivity contribution in [3.05, 3.63) is 94.8 Å². The first-order chi connectivity index (χ1) is 15.9. The largest absolute Gasteiger partial charge is 0.392 e. The smallest absolute Gasteiger partial charge is 0.253 e. The van der Waals surface area contributed by atoms with Crippen LogP contribution in [0, 0.1) is 5.82 Å². The van der Waals surface area contributed by atoms with E-state index >= 15 is 0 Å². The van der Waals surface area contributed by atoms with E-state index in [1.165, 1.54) is 28.8 Å². The van der Waals surface area contributed by atoms with E-state index in [-0.39, 0.29) is 23.9 Å². The third-order valence-electron chi connectivity index (χ3n) is 6.42. The van der Waals surface area contributed by atoms with Crippen molar-refractivity contribution in [1.29, 1.82) is 0 Å². The van der Waals surface area contributed by atoms with Crippen molar-refractivity contribution < 1.29 is 14.3 Å². The zero-order valence-electron chi connectivity index (χ0n) is 19.2. The molecule has 5 heteroatoms. The molecule has 33 heavy (non-hydrogen) atoms. The van der Waals surface area contributed by atoms with Gasteiger partial charge in [-0.15, -0.1) is 0 Å². The first kappa shape index (κ1) is 23.1. The van der Waals surface area contributed by atoms with E-state index in [0.717, 1.165) is 36.9 Å². The van der Waals surface area contributed by atoms with E-state index in [0.29, 0.717) is 12.1 Å². The van der Waals surface area contributed by atoms with Crippen LogP contribution in [0.5, 0.6) is 0 Å². The SMILES string of the molecule is CC(O)CNCc1ccc2c(c1)CCC(N(C)C(=O)c1ccc(-c3ccc(F)cc3)cc1)C2. The molecule has 0 bridgehead atoms. The molecule has 2 atom stereocenters. The van der Waals surface area contributed by atoms with Gasteiger partial charge >= 0.3 is 0 Å². The second kappa shape index (κ2) is 10.3. The van der Waals surface area contributed by atoms with Crippen molar-refractivity contribution >= 4 is 5.91 Å². The second-order valence-corrected chi connectivity index (χ2v) is 8.98. The normalized spacial score (nSPS) is 16.2. The maximum Gasteiger partial charge on any atom is 0.253 e. The minimum atomic E-state index is -0.351. The minimum Gasteiger partial charge on any atom is -0.392 e. The zero-order valence-corrected chi connectivity index (χ0v) is 19.2. The van der Waals surface area contributed by atoms with Gasteiger partial charge in [-0.25, -0.2) is 4.39 Å². The van der Waals surface area contributed by atoms with Crippen LogP contribution in [0.1, 0.15) is 40.4 Å². The summed E-state index contributed by atoms with van der Waals surface area (Å²) >= 11 is 0. The highest BCUT2D eigenvalue weighted by molar-refractivity contribution is 5.94. The van der Waals surface area contributed by atoms with Crippen molar-refractivity contribution in [2.45, 2.75) is 44.9 Å². The summed E-state index contributed by atoms with van der Waals surface area (Å²) in [6, 6.07) is 20.6. The molecular weight excluding hydrogens is 415 g/mol. The highest BCUT2D eigenvalue weighted by atomic mass is 19.1. The number of hydrogen-bond acceptors (Lipinski definition) is 3. The molecule has 0 aromatic heterocycles. The number of fused-ring (bicyclic) bond motifs is 1. The summed E-state index contributed by atoms with van der Waals surface area (Å²) in [5, 5.41) is 12.7. The molecule has 4 rings (SSSR count). The van der Waals surface area contributed by atoms with Crippen LogP contribution in [0.3, 0.4) is 0 Å². The van der Waals surface area contributed by atoms with Gasteiger partial charge < -0.3 is 15.3 Å². The van der Waals surface area contributed by atoms with Crippen molar-refractivity contribution in [3.8, 4) is 11.1 Å². The zero-order chi connectivity index (χ0) is 23.4. The third kappa shape index (κ3) is 5.67. The maximum absolute atomic E-state index is 13.2. The molecule has 0 spiro atoms. The highest BCUT2D eigenvalue weighted by Gasteiger charge is 2.26. The molecule has 0 saturated carbocycles. The molecule has 172 valence electrons. The van der Waals surface area contributed by atoms with Gasteiger partial charge in [0.2, 0.25) is 0 Å². The van der Waals surface area contributed by atoms with E-state index < -0.39 is 0 Å². The lowest BCUT2D eigenvalue weighted by Crippen LogP contribution is -2.40. The number of aryl methyl sites for hydroxylation is 1. The summed E-state index contributed by atoms with van der Waals surface area (Å²) in [5.41, 5.74) is 6.42. The van der Waals surface area contributed by atoms with E-state index in [1.807, 2.05) is 36.2 Å². The standard InChI is InChI=1S/C28H31FN2O2/c1-19(32)17-30-18-20-3-4-25-16-27(14-11-24(25)15-20)31(2)28(33)23-7-5-21(6-8-23)22-9-12-26(29)13-10-22/h3-10,12-13,15,19,27,30,32H,11,14,16-18H2,1-2H3. The number of carbonyl (C=O) groups is 1. The van der Waals surface area contributed by atoms with Crippen LogP contribution in [-0.4, -0.2) is 41.7 Å². The summed E-state index contributed by atoms with van der Waals surface area (Å²) in [4.78, 5) is 15.0. The van der Waals surface area contributed by atoms with Crippen molar-refractivity contribution in [1.82, 2.24) is 10.2 Å². The lowest BCUT2D eigenvalue weighted by atomic mass is 9.86. The van der Waals surface area contributed by atoms with E-state index in [1.54, 1.807) is 19.1 Å². The van der Waals surface area contributed by atoms with Gasteiger partial charge in [0.05, 0.1) is 6.10 Å². The molecule has 2 N–H and O–H groups in total. The Labute approximate surface area is 195 Å². The first-order valence-electron chi connectivity index (χ1n) is 11.5. The number of hydrogen-bond donors (Lipinski definition) is 2. The average Bonchev–Trinajstić information content (AvgIpc) is 2.83. The number of aliphatic hydroxyl groups is 1. The number of aliphatic hydroxyl groups excluding tert-OH is 1. The fraction of sp³-hybridized carbons (Fsp3) is 0.321.